The molecule has 0 radical (unpaired) electrons. The smallest absolute Gasteiger partial charge is 0.382 e. The van der Waals surface area contributed by atoms with Gasteiger partial charge in [-0.3, -0.25) is 14.9 Å². The van der Waals surface area contributed by atoms with Crippen LogP contribution in [0.3, 0.4) is 0 Å². The van der Waals surface area contributed by atoms with E-state index in [1.54, 1.807) is 0 Å². The molecule has 2 aromatic rings. The lowest BCUT2D eigenvalue weighted by Crippen LogP contribution is -2.43. The standard InChI is InChI=1S/C30H39F3N4O3.CH4/c1-29(2,3)23-6-4-21(5-7-23)22-10-15-35(16-11-22)17-14-28(38)36-18-12-24(13-19-36)34-25-8-9-27(37(39)40)26(20-25)30(31,32)33;/h4-9,20,22,24,34H,10-19H2,1-3H3;1H4. The Hall–Kier alpha value is -3.14. The molecule has 0 aromatic heterocycles. The number of likely N-dealkylation sites (tertiary alicyclic amines) is 2. The van der Waals surface area contributed by atoms with Crippen molar-refractivity contribution in [1.29, 1.82) is 0 Å². The molecule has 0 unspecified atom stereocenters. The molecule has 0 aliphatic carbocycles. The summed E-state index contributed by atoms with van der Waals surface area (Å²) in [4.78, 5) is 27.0. The SMILES string of the molecule is C.CC(C)(C)c1ccc(C2CCN(CCC(=O)N3CCC(Nc4ccc([N+](=O)[O-])c(C(F)(F)F)c4)CC3)CC2)cc1. The Balaban J connectivity index is 0.00000462. The molecule has 2 aliphatic rings. The van der Waals surface area contributed by atoms with Crippen molar-refractivity contribution in [3.05, 3.63) is 69.3 Å². The number of rotatable bonds is 7. The van der Waals surface area contributed by atoms with Crippen molar-refractivity contribution >= 4 is 17.3 Å². The number of anilines is 1. The fourth-order valence-electron chi connectivity index (χ4n) is 5.68. The summed E-state index contributed by atoms with van der Waals surface area (Å²) in [5, 5.41) is 14.0. The van der Waals surface area contributed by atoms with E-state index in [2.05, 4.69) is 55.3 Å². The highest BCUT2D eigenvalue weighted by molar-refractivity contribution is 5.76. The van der Waals surface area contributed by atoms with E-state index in [0.29, 0.717) is 38.3 Å². The van der Waals surface area contributed by atoms with Gasteiger partial charge in [0, 0.05) is 43.9 Å². The number of amides is 1. The minimum Gasteiger partial charge on any atom is -0.382 e. The van der Waals surface area contributed by atoms with E-state index in [0.717, 1.165) is 44.6 Å². The van der Waals surface area contributed by atoms with Crippen LogP contribution in [0.1, 0.15) is 82.9 Å². The second-order valence-electron chi connectivity index (χ2n) is 12.0. The summed E-state index contributed by atoms with van der Waals surface area (Å²) in [5.74, 6) is 0.656. The minimum absolute atomic E-state index is 0. The molecule has 2 fully saturated rings. The number of alkyl halides is 3. The summed E-state index contributed by atoms with van der Waals surface area (Å²) >= 11 is 0. The molecule has 41 heavy (non-hydrogen) atoms. The van der Waals surface area contributed by atoms with Gasteiger partial charge < -0.3 is 15.1 Å². The molecule has 0 atom stereocenters. The second kappa shape index (κ2) is 13.2. The molecule has 226 valence electrons. The van der Waals surface area contributed by atoms with Gasteiger partial charge in [-0.1, -0.05) is 52.5 Å². The fraction of sp³-hybridized carbons (Fsp3) is 0.581. The van der Waals surface area contributed by atoms with Gasteiger partial charge in [0.05, 0.1) is 4.92 Å². The maximum atomic E-state index is 13.3. The van der Waals surface area contributed by atoms with Gasteiger partial charge in [-0.2, -0.15) is 13.2 Å². The quantitative estimate of drug-likeness (QED) is 0.278. The molecule has 1 N–H and O–H groups in total. The highest BCUT2D eigenvalue weighted by Crippen LogP contribution is 2.38. The van der Waals surface area contributed by atoms with Crippen LogP contribution >= 0.6 is 0 Å². The number of nitro benzene ring substituents is 1. The Morgan fingerprint density at radius 3 is 2.12 bits per heavy atom. The zero-order chi connectivity index (χ0) is 29.1. The molecule has 0 saturated carbocycles. The molecule has 10 heteroatoms. The van der Waals surface area contributed by atoms with Gasteiger partial charge in [0.25, 0.3) is 5.69 Å². The van der Waals surface area contributed by atoms with Gasteiger partial charge >= 0.3 is 6.18 Å². The van der Waals surface area contributed by atoms with Crippen molar-refractivity contribution in [3.8, 4) is 0 Å². The van der Waals surface area contributed by atoms with E-state index < -0.39 is 22.4 Å². The summed E-state index contributed by atoms with van der Waals surface area (Å²) in [6.45, 7) is 10.4. The maximum absolute atomic E-state index is 13.3. The second-order valence-corrected chi connectivity index (χ2v) is 12.0. The molecule has 1 amide bonds. The lowest BCUT2D eigenvalue weighted by molar-refractivity contribution is -0.388. The fourth-order valence-corrected chi connectivity index (χ4v) is 5.68. The zero-order valence-electron chi connectivity index (χ0n) is 23.5. The van der Waals surface area contributed by atoms with Crippen molar-refractivity contribution in [2.45, 2.75) is 83.9 Å². The first kappa shape index (κ1) is 32.4. The Kier molecular flexibility index (Phi) is 10.4. The van der Waals surface area contributed by atoms with Crippen LogP contribution in [-0.2, 0) is 16.4 Å². The molecular weight excluding hydrogens is 533 g/mol. The summed E-state index contributed by atoms with van der Waals surface area (Å²) in [5.41, 5.74) is 0.845. The Bertz CT molecular complexity index is 1180. The number of hydrogen-bond acceptors (Lipinski definition) is 5. The molecule has 2 aromatic carbocycles. The lowest BCUT2D eigenvalue weighted by Gasteiger charge is -2.35. The maximum Gasteiger partial charge on any atom is 0.423 e. The number of nitrogens with zero attached hydrogens (tertiary/aromatic N) is 3. The number of benzene rings is 2. The van der Waals surface area contributed by atoms with Gasteiger partial charge in [0.1, 0.15) is 5.56 Å². The van der Waals surface area contributed by atoms with E-state index in [1.165, 1.54) is 17.2 Å². The van der Waals surface area contributed by atoms with Crippen LogP contribution in [0, 0.1) is 10.1 Å². The van der Waals surface area contributed by atoms with Crippen molar-refractivity contribution in [2.75, 3.05) is 38.0 Å². The topological polar surface area (TPSA) is 78.7 Å². The summed E-state index contributed by atoms with van der Waals surface area (Å²) in [6.07, 6.45) is -0.992. The first-order chi connectivity index (χ1) is 18.8. The van der Waals surface area contributed by atoms with E-state index in [4.69, 9.17) is 0 Å². The van der Waals surface area contributed by atoms with Gasteiger partial charge in [-0.15, -0.1) is 0 Å². The number of piperidine rings is 2. The average molecular weight is 577 g/mol. The molecule has 7 nitrogen and oxygen atoms in total. The van der Waals surface area contributed by atoms with Gasteiger partial charge in [0.2, 0.25) is 5.91 Å². The largest absolute Gasteiger partial charge is 0.423 e. The van der Waals surface area contributed by atoms with Crippen LogP contribution in [0.2, 0.25) is 0 Å². The van der Waals surface area contributed by atoms with Crippen molar-refractivity contribution in [3.63, 3.8) is 0 Å². The molecule has 2 saturated heterocycles. The number of halogens is 3. The third kappa shape index (κ3) is 8.44. The number of carbonyl (C=O) groups excluding carboxylic acids is 1. The lowest BCUT2D eigenvalue weighted by atomic mass is 9.84. The number of carbonyl (C=O) groups is 1. The van der Waals surface area contributed by atoms with Crippen LogP contribution < -0.4 is 5.32 Å². The molecular formula is C31H43F3N4O3. The van der Waals surface area contributed by atoms with Crippen LogP contribution in [0.15, 0.2) is 42.5 Å². The van der Waals surface area contributed by atoms with Crippen LogP contribution in [0.25, 0.3) is 0 Å². The third-order valence-corrected chi connectivity index (χ3v) is 8.19. The minimum atomic E-state index is -4.82. The van der Waals surface area contributed by atoms with Crippen molar-refractivity contribution in [1.82, 2.24) is 9.80 Å². The predicted octanol–water partition coefficient (Wildman–Crippen LogP) is 7.22. The first-order valence-electron chi connectivity index (χ1n) is 14.0. The molecule has 0 bridgehead atoms. The van der Waals surface area contributed by atoms with Gasteiger partial charge in [-0.25, -0.2) is 0 Å². The third-order valence-electron chi connectivity index (χ3n) is 8.19. The average Bonchev–Trinajstić information content (AvgIpc) is 2.91. The highest BCUT2D eigenvalue weighted by atomic mass is 19.4. The Morgan fingerprint density at radius 1 is 0.976 bits per heavy atom. The van der Waals surface area contributed by atoms with E-state index >= 15 is 0 Å². The van der Waals surface area contributed by atoms with Crippen molar-refractivity contribution < 1.29 is 22.9 Å². The summed E-state index contributed by atoms with van der Waals surface area (Å²) in [7, 11) is 0. The zero-order valence-corrected chi connectivity index (χ0v) is 23.5. The molecule has 2 aliphatic heterocycles. The van der Waals surface area contributed by atoms with E-state index in [1.807, 2.05) is 4.90 Å². The van der Waals surface area contributed by atoms with Crippen LogP contribution in [-0.4, -0.2) is 59.4 Å². The van der Waals surface area contributed by atoms with Gasteiger partial charge in [-0.05, 0) is 73.4 Å². The Labute approximate surface area is 241 Å². The molecule has 0 spiro atoms. The summed E-state index contributed by atoms with van der Waals surface area (Å²) < 4.78 is 39.8. The van der Waals surface area contributed by atoms with E-state index in [-0.39, 0.29) is 30.5 Å². The number of hydrogen-bond donors (Lipinski definition) is 1. The van der Waals surface area contributed by atoms with Gasteiger partial charge in [0.15, 0.2) is 0 Å². The number of nitro groups is 1. The highest BCUT2D eigenvalue weighted by Gasteiger charge is 2.38. The number of nitrogens with one attached hydrogen (secondary N) is 1. The van der Waals surface area contributed by atoms with Crippen LogP contribution in [0.4, 0.5) is 24.5 Å². The first-order valence-corrected chi connectivity index (χ1v) is 14.0. The Morgan fingerprint density at radius 2 is 1.59 bits per heavy atom. The molecule has 4 rings (SSSR count). The monoisotopic (exact) mass is 576 g/mol. The predicted molar refractivity (Wildman–Crippen MR) is 156 cm³/mol. The normalized spacial score (nSPS) is 17.7. The van der Waals surface area contributed by atoms with E-state index in [9.17, 15) is 28.1 Å². The summed E-state index contributed by atoms with van der Waals surface area (Å²) in [6, 6.07) is 11.9. The van der Waals surface area contributed by atoms with Crippen LogP contribution in [0.5, 0.6) is 0 Å². The van der Waals surface area contributed by atoms with Crippen molar-refractivity contribution in [2.24, 2.45) is 0 Å². The molecule has 2 heterocycles.